The van der Waals surface area contributed by atoms with Crippen LogP contribution in [-0.4, -0.2) is 43.0 Å². The predicted octanol–water partition coefficient (Wildman–Crippen LogP) is 3.41. The Hall–Kier alpha value is -3.76. The number of carboxylic acids is 1. The Morgan fingerprint density at radius 3 is 2.73 bits per heavy atom. The molecule has 1 N–H and O–H groups in total. The zero-order chi connectivity index (χ0) is 23.4. The fourth-order valence-electron chi connectivity index (χ4n) is 3.10. The lowest BCUT2D eigenvalue weighted by Gasteiger charge is -2.13. The minimum Gasteiger partial charge on any atom is -0.480 e. The maximum Gasteiger partial charge on any atom is 0.341 e. The van der Waals surface area contributed by atoms with Crippen LogP contribution in [0, 0.1) is 0 Å². The van der Waals surface area contributed by atoms with Gasteiger partial charge in [-0.15, -0.1) is 16.4 Å². The largest absolute Gasteiger partial charge is 0.480 e. The highest BCUT2D eigenvalue weighted by Gasteiger charge is 2.15. The van der Waals surface area contributed by atoms with Crippen molar-refractivity contribution in [2.24, 2.45) is 0 Å². The van der Waals surface area contributed by atoms with E-state index in [0.717, 1.165) is 0 Å². The molecule has 0 unspecified atom stereocenters. The van der Waals surface area contributed by atoms with E-state index in [1.54, 1.807) is 54.9 Å². The van der Waals surface area contributed by atoms with Crippen LogP contribution in [0.15, 0.2) is 65.7 Å². The van der Waals surface area contributed by atoms with E-state index in [1.807, 2.05) is 0 Å². The van der Waals surface area contributed by atoms with Gasteiger partial charge in [0, 0.05) is 31.2 Å². The van der Waals surface area contributed by atoms with Crippen molar-refractivity contribution in [3.8, 4) is 17.1 Å². The van der Waals surface area contributed by atoms with Gasteiger partial charge in [-0.3, -0.25) is 14.2 Å². The lowest BCUT2D eigenvalue weighted by Crippen LogP contribution is -2.16. The van der Waals surface area contributed by atoms with E-state index in [2.05, 4.69) is 10.3 Å². The molecular formula is C22H17ClN4O5S. The van der Waals surface area contributed by atoms with Gasteiger partial charge < -0.3 is 9.84 Å². The number of thiophene rings is 1. The number of carbonyl (C=O) groups excluding carboxylic acids is 1. The van der Waals surface area contributed by atoms with Crippen molar-refractivity contribution in [3.63, 3.8) is 0 Å². The van der Waals surface area contributed by atoms with Crippen molar-refractivity contribution >= 4 is 34.7 Å². The normalized spacial score (nSPS) is 10.8. The summed E-state index contributed by atoms with van der Waals surface area (Å²) >= 11 is 7.11. The van der Waals surface area contributed by atoms with E-state index in [-0.39, 0.29) is 23.5 Å². The van der Waals surface area contributed by atoms with Crippen molar-refractivity contribution in [3.05, 3.63) is 86.2 Å². The molecule has 4 aromatic rings. The predicted molar refractivity (Wildman–Crippen MR) is 122 cm³/mol. The molecule has 0 radical (unpaired) electrons. The maximum absolute atomic E-state index is 12.3. The second kappa shape index (κ2) is 9.80. The summed E-state index contributed by atoms with van der Waals surface area (Å²) in [7, 11) is 0. The van der Waals surface area contributed by atoms with Crippen molar-refractivity contribution in [1.82, 2.24) is 19.6 Å². The average Bonchev–Trinajstić information content (AvgIpc) is 3.45. The second-order valence-corrected chi connectivity index (χ2v) is 8.64. The smallest absolute Gasteiger partial charge is 0.341 e. The fourth-order valence-corrected chi connectivity index (χ4v) is 4.11. The van der Waals surface area contributed by atoms with Gasteiger partial charge in [-0.25, -0.2) is 9.48 Å². The van der Waals surface area contributed by atoms with Gasteiger partial charge in [-0.1, -0.05) is 22.9 Å². The van der Waals surface area contributed by atoms with Crippen LogP contribution in [0.5, 0.6) is 5.75 Å². The molecule has 0 saturated carbocycles. The maximum atomic E-state index is 12.3. The summed E-state index contributed by atoms with van der Waals surface area (Å²) < 4.78 is 8.86. The summed E-state index contributed by atoms with van der Waals surface area (Å²) in [6.07, 6.45) is 3.86. The highest BCUT2D eigenvalue weighted by atomic mass is 35.5. The van der Waals surface area contributed by atoms with Gasteiger partial charge in [-0.05, 0) is 30.3 Å². The van der Waals surface area contributed by atoms with Gasteiger partial charge in [-0.2, -0.15) is 0 Å². The topological polar surface area (TPSA) is 116 Å². The number of pyridine rings is 1. The third-order valence-corrected chi connectivity index (χ3v) is 5.91. The molecule has 0 bridgehead atoms. The van der Waals surface area contributed by atoms with Gasteiger partial charge in [0.1, 0.15) is 11.4 Å². The molecule has 0 atom stereocenters. The lowest BCUT2D eigenvalue weighted by atomic mass is 10.1. The number of hydrogen-bond acceptors (Lipinski definition) is 7. The third-order valence-electron chi connectivity index (χ3n) is 4.64. The number of ether oxygens (including phenoxy) is 1. The van der Waals surface area contributed by atoms with Crippen LogP contribution in [0.2, 0.25) is 4.34 Å². The third kappa shape index (κ3) is 5.36. The number of benzene rings is 1. The van der Waals surface area contributed by atoms with Gasteiger partial charge in [0.25, 0.3) is 5.56 Å². The molecular weight excluding hydrogens is 468 g/mol. The van der Waals surface area contributed by atoms with Gasteiger partial charge >= 0.3 is 5.97 Å². The molecule has 0 aliphatic rings. The molecule has 0 amide bonds. The molecule has 1 aromatic carbocycles. The minimum absolute atomic E-state index is 0.0374. The van der Waals surface area contributed by atoms with Crippen LogP contribution in [0.1, 0.15) is 21.8 Å². The van der Waals surface area contributed by atoms with Gasteiger partial charge in [0.2, 0.25) is 0 Å². The Labute approximate surface area is 196 Å². The van der Waals surface area contributed by atoms with Crippen LogP contribution in [-0.2, 0) is 11.2 Å². The zero-order valence-electron chi connectivity index (χ0n) is 17.1. The first kappa shape index (κ1) is 22.4. The van der Waals surface area contributed by atoms with Crippen LogP contribution >= 0.6 is 22.9 Å². The molecule has 0 spiro atoms. The van der Waals surface area contributed by atoms with Crippen molar-refractivity contribution < 1.29 is 19.4 Å². The Morgan fingerprint density at radius 1 is 1.15 bits per heavy atom. The van der Waals surface area contributed by atoms with Crippen LogP contribution in [0.3, 0.4) is 0 Å². The molecule has 3 heterocycles. The first-order valence-electron chi connectivity index (χ1n) is 9.77. The summed E-state index contributed by atoms with van der Waals surface area (Å²) in [5, 5.41) is 17.2. The SMILES string of the molecule is O=C(O)COc1cc(-n2ccccc2=O)ccc1-n1cc(CCC(=O)c2ccc(Cl)s2)nn1. The molecule has 0 fully saturated rings. The number of carboxylic acid groups (broad SMARTS) is 1. The first-order valence-corrected chi connectivity index (χ1v) is 11.0. The second-order valence-electron chi connectivity index (χ2n) is 6.92. The number of carbonyl (C=O) groups is 2. The van der Waals surface area contributed by atoms with Crippen LogP contribution < -0.4 is 10.3 Å². The number of Topliss-reactive ketones (excluding diaryl/α,β-unsaturated/α-hetero) is 1. The molecule has 168 valence electrons. The van der Waals surface area contributed by atoms with Crippen molar-refractivity contribution in [2.45, 2.75) is 12.8 Å². The van der Waals surface area contributed by atoms with Gasteiger partial charge in [0.15, 0.2) is 12.4 Å². The average molecular weight is 485 g/mol. The van der Waals surface area contributed by atoms with Crippen LogP contribution in [0.25, 0.3) is 11.4 Å². The summed E-state index contributed by atoms with van der Waals surface area (Å²) in [6, 6.07) is 13.0. The first-order chi connectivity index (χ1) is 15.9. The molecule has 3 aromatic heterocycles. The number of nitrogens with zero attached hydrogens (tertiary/aromatic N) is 4. The summed E-state index contributed by atoms with van der Waals surface area (Å²) in [4.78, 5) is 36.1. The monoisotopic (exact) mass is 484 g/mol. The summed E-state index contributed by atoms with van der Waals surface area (Å²) in [6.45, 7) is -0.570. The Balaban J connectivity index is 1.58. The lowest BCUT2D eigenvalue weighted by molar-refractivity contribution is -0.139. The number of ketones is 1. The zero-order valence-corrected chi connectivity index (χ0v) is 18.6. The van der Waals surface area contributed by atoms with E-state index in [0.29, 0.717) is 32.7 Å². The number of hydrogen-bond donors (Lipinski definition) is 1. The van der Waals surface area contributed by atoms with E-state index in [4.69, 9.17) is 21.4 Å². The highest BCUT2D eigenvalue weighted by molar-refractivity contribution is 7.18. The highest BCUT2D eigenvalue weighted by Crippen LogP contribution is 2.26. The molecule has 33 heavy (non-hydrogen) atoms. The summed E-state index contributed by atoms with van der Waals surface area (Å²) in [5.74, 6) is -0.967. The molecule has 9 nitrogen and oxygen atoms in total. The number of rotatable bonds is 9. The minimum atomic E-state index is -1.14. The van der Waals surface area contributed by atoms with Crippen LogP contribution in [0.4, 0.5) is 0 Å². The Bertz CT molecular complexity index is 1380. The van der Waals surface area contributed by atoms with Gasteiger partial charge in [0.05, 0.1) is 26.8 Å². The number of aryl methyl sites for hydroxylation is 1. The van der Waals surface area contributed by atoms with E-state index < -0.39 is 12.6 Å². The molecule has 0 saturated heterocycles. The van der Waals surface area contributed by atoms with Crippen molar-refractivity contribution in [1.29, 1.82) is 0 Å². The number of aromatic nitrogens is 4. The summed E-state index contributed by atoms with van der Waals surface area (Å²) in [5.41, 5.74) is 1.29. The molecule has 4 rings (SSSR count). The quantitative estimate of drug-likeness (QED) is 0.362. The Kier molecular flexibility index (Phi) is 6.66. The molecule has 0 aliphatic carbocycles. The molecule has 0 aliphatic heterocycles. The molecule has 11 heteroatoms. The van der Waals surface area contributed by atoms with Crippen molar-refractivity contribution in [2.75, 3.05) is 6.61 Å². The van der Waals surface area contributed by atoms with E-state index in [9.17, 15) is 14.4 Å². The number of halogens is 1. The van der Waals surface area contributed by atoms with E-state index in [1.165, 1.54) is 26.7 Å². The standard InChI is InChI=1S/C22H17ClN4O5S/c23-20-9-8-19(33-20)17(28)7-4-14-12-27(25-24-14)16-6-5-15(11-18(16)32-13-22(30)31)26-10-2-1-3-21(26)29/h1-3,5-6,8-12H,4,7,13H2,(H,30,31). The van der Waals surface area contributed by atoms with E-state index >= 15 is 0 Å². The number of aliphatic carboxylic acids is 1. The Morgan fingerprint density at radius 2 is 2.00 bits per heavy atom. The fraction of sp³-hybridized carbons (Fsp3) is 0.136.